The van der Waals surface area contributed by atoms with Crippen molar-refractivity contribution in [1.82, 2.24) is 4.98 Å². The number of anilines is 1. The van der Waals surface area contributed by atoms with Gasteiger partial charge in [-0.15, -0.1) is 0 Å². The van der Waals surface area contributed by atoms with E-state index in [9.17, 15) is 8.78 Å². The van der Waals surface area contributed by atoms with Gasteiger partial charge in [-0.25, -0.2) is 4.98 Å². The molecule has 0 amide bonds. The standard InChI is InChI=1S/C15H13F2N3O/c1-10(20-14-12(9-18)3-2-8-19-14)11-4-6-13(7-5-11)21-15(16)17/h2-8,10,15H,1H3,(H,19,20). The molecule has 2 rings (SSSR count). The number of ether oxygens (including phenoxy) is 1. The third kappa shape index (κ3) is 3.89. The lowest BCUT2D eigenvalue weighted by molar-refractivity contribution is -0.0498. The number of nitriles is 1. The van der Waals surface area contributed by atoms with Gasteiger partial charge in [0.15, 0.2) is 0 Å². The number of hydrogen-bond acceptors (Lipinski definition) is 4. The molecule has 1 atom stereocenters. The van der Waals surface area contributed by atoms with Crippen LogP contribution in [0.15, 0.2) is 42.6 Å². The van der Waals surface area contributed by atoms with Gasteiger partial charge in [-0.05, 0) is 36.8 Å². The van der Waals surface area contributed by atoms with Gasteiger partial charge in [0.25, 0.3) is 0 Å². The lowest BCUT2D eigenvalue weighted by Crippen LogP contribution is -2.09. The van der Waals surface area contributed by atoms with Crippen molar-refractivity contribution in [2.24, 2.45) is 0 Å². The molecular formula is C15H13F2N3O. The van der Waals surface area contributed by atoms with Crippen LogP contribution in [0.4, 0.5) is 14.6 Å². The fourth-order valence-electron chi connectivity index (χ4n) is 1.84. The van der Waals surface area contributed by atoms with E-state index in [0.29, 0.717) is 11.4 Å². The summed E-state index contributed by atoms with van der Waals surface area (Å²) in [5, 5.41) is 12.1. The first-order chi connectivity index (χ1) is 10.1. The molecule has 0 bridgehead atoms. The minimum Gasteiger partial charge on any atom is -0.435 e. The second-order valence-corrected chi connectivity index (χ2v) is 4.32. The Morgan fingerprint density at radius 3 is 2.57 bits per heavy atom. The maximum absolute atomic E-state index is 12.1. The van der Waals surface area contributed by atoms with Gasteiger partial charge in [-0.1, -0.05) is 12.1 Å². The molecule has 0 saturated heterocycles. The second-order valence-electron chi connectivity index (χ2n) is 4.32. The number of alkyl halides is 2. The molecule has 0 spiro atoms. The normalized spacial score (nSPS) is 11.8. The van der Waals surface area contributed by atoms with E-state index in [0.717, 1.165) is 5.56 Å². The third-order valence-corrected chi connectivity index (χ3v) is 2.89. The highest BCUT2D eigenvalue weighted by atomic mass is 19.3. The SMILES string of the molecule is CC(Nc1ncccc1C#N)c1ccc(OC(F)F)cc1. The first-order valence-corrected chi connectivity index (χ1v) is 6.26. The molecule has 0 radical (unpaired) electrons. The van der Waals surface area contributed by atoms with Crippen molar-refractivity contribution in [1.29, 1.82) is 5.26 Å². The average molecular weight is 289 g/mol. The summed E-state index contributed by atoms with van der Waals surface area (Å²) < 4.78 is 28.4. The predicted octanol–water partition coefficient (Wildman–Crippen LogP) is 3.73. The van der Waals surface area contributed by atoms with Crippen LogP contribution < -0.4 is 10.1 Å². The van der Waals surface area contributed by atoms with E-state index in [2.05, 4.69) is 21.1 Å². The molecule has 1 aromatic carbocycles. The summed E-state index contributed by atoms with van der Waals surface area (Å²) in [6.07, 6.45) is 1.59. The van der Waals surface area contributed by atoms with E-state index in [4.69, 9.17) is 5.26 Å². The summed E-state index contributed by atoms with van der Waals surface area (Å²) in [6.45, 7) is -0.947. The Labute approximate surface area is 121 Å². The zero-order chi connectivity index (χ0) is 15.2. The number of nitrogens with one attached hydrogen (secondary N) is 1. The molecule has 4 nitrogen and oxygen atoms in total. The monoisotopic (exact) mass is 289 g/mol. The minimum absolute atomic E-state index is 0.108. The van der Waals surface area contributed by atoms with E-state index in [1.165, 1.54) is 12.1 Å². The van der Waals surface area contributed by atoms with Crippen molar-refractivity contribution in [3.8, 4) is 11.8 Å². The Morgan fingerprint density at radius 2 is 1.95 bits per heavy atom. The van der Waals surface area contributed by atoms with E-state index in [1.807, 2.05) is 6.92 Å². The van der Waals surface area contributed by atoms with Gasteiger partial charge in [0, 0.05) is 12.2 Å². The van der Waals surface area contributed by atoms with Crippen molar-refractivity contribution < 1.29 is 13.5 Å². The highest BCUT2D eigenvalue weighted by Crippen LogP contribution is 2.23. The van der Waals surface area contributed by atoms with Gasteiger partial charge in [-0.3, -0.25) is 0 Å². The predicted molar refractivity (Wildman–Crippen MR) is 74.1 cm³/mol. The van der Waals surface area contributed by atoms with Crippen molar-refractivity contribution in [3.05, 3.63) is 53.7 Å². The largest absolute Gasteiger partial charge is 0.435 e. The summed E-state index contributed by atoms with van der Waals surface area (Å²) in [5.74, 6) is 0.594. The van der Waals surface area contributed by atoms with Crippen LogP contribution in [0, 0.1) is 11.3 Å². The number of hydrogen-bond donors (Lipinski definition) is 1. The molecular weight excluding hydrogens is 276 g/mol. The van der Waals surface area contributed by atoms with Gasteiger partial charge in [0.2, 0.25) is 0 Å². The van der Waals surface area contributed by atoms with E-state index in [-0.39, 0.29) is 11.8 Å². The molecule has 2 aromatic rings. The van der Waals surface area contributed by atoms with Gasteiger partial charge >= 0.3 is 6.61 Å². The van der Waals surface area contributed by atoms with Gasteiger partial charge in [0.1, 0.15) is 17.6 Å². The van der Waals surface area contributed by atoms with Crippen molar-refractivity contribution in [2.75, 3.05) is 5.32 Å². The highest BCUT2D eigenvalue weighted by molar-refractivity contribution is 5.52. The number of halogens is 2. The topological polar surface area (TPSA) is 57.9 Å². The van der Waals surface area contributed by atoms with Crippen molar-refractivity contribution in [2.45, 2.75) is 19.6 Å². The molecule has 1 heterocycles. The maximum Gasteiger partial charge on any atom is 0.387 e. The fourth-order valence-corrected chi connectivity index (χ4v) is 1.84. The Kier molecular flexibility index (Phi) is 4.67. The third-order valence-electron chi connectivity index (χ3n) is 2.89. The highest BCUT2D eigenvalue weighted by Gasteiger charge is 2.10. The summed E-state index contributed by atoms with van der Waals surface area (Å²) >= 11 is 0. The van der Waals surface area contributed by atoms with Gasteiger partial charge in [-0.2, -0.15) is 14.0 Å². The molecule has 0 fully saturated rings. The Hall–Kier alpha value is -2.68. The molecule has 0 aliphatic carbocycles. The average Bonchev–Trinajstić information content (AvgIpc) is 2.48. The van der Waals surface area contributed by atoms with Crippen molar-refractivity contribution in [3.63, 3.8) is 0 Å². The summed E-state index contributed by atoms with van der Waals surface area (Å²) in [5.41, 5.74) is 1.31. The van der Waals surface area contributed by atoms with Crippen LogP contribution in [-0.4, -0.2) is 11.6 Å². The summed E-state index contributed by atoms with van der Waals surface area (Å²) in [4.78, 5) is 4.11. The smallest absolute Gasteiger partial charge is 0.387 e. The number of nitrogens with zero attached hydrogens (tertiary/aromatic N) is 2. The number of rotatable bonds is 5. The summed E-state index contributed by atoms with van der Waals surface area (Å²) in [7, 11) is 0. The molecule has 21 heavy (non-hydrogen) atoms. The number of benzene rings is 1. The molecule has 0 aliphatic heterocycles. The molecule has 0 aliphatic rings. The van der Waals surface area contributed by atoms with Crippen LogP contribution in [0.3, 0.4) is 0 Å². The van der Waals surface area contributed by atoms with E-state index >= 15 is 0 Å². The molecule has 0 saturated carbocycles. The van der Waals surface area contributed by atoms with Gasteiger partial charge < -0.3 is 10.1 Å². The van der Waals surface area contributed by atoms with Crippen LogP contribution in [0.2, 0.25) is 0 Å². The summed E-state index contributed by atoms with van der Waals surface area (Å²) in [6, 6.07) is 11.6. The van der Waals surface area contributed by atoms with E-state index < -0.39 is 6.61 Å². The lowest BCUT2D eigenvalue weighted by atomic mass is 10.1. The van der Waals surface area contributed by atoms with Crippen molar-refractivity contribution >= 4 is 5.82 Å². The fraction of sp³-hybridized carbons (Fsp3) is 0.200. The Morgan fingerprint density at radius 1 is 1.24 bits per heavy atom. The van der Waals surface area contributed by atoms with Crippen LogP contribution >= 0.6 is 0 Å². The van der Waals surface area contributed by atoms with Crippen LogP contribution in [0.25, 0.3) is 0 Å². The molecule has 108 valence electrons. The molecule has 1 aromatic heterocycles. The Balaban J connectivity index is 2.10. The maximum atomic E-state index is 12.1. The lowest BCUT2D eigenvalue weighted by Gasteiger charge is -2.16. The first kappa shape index (κ1) is 14.7. The molecule has 1 unspecified atom stereocenters. The van der Waals surface area contributed by atoms with Gasteiger partial charge in [0.05, 0.1) is 5.56 Å². The minimum atomic E-state index is -2.84. The zero-order valence-corrected chi connectivity index (χ0v) is 11.3. The van der Waals surface area contributed by atoms with Crippen LogP contribution in [-0.2, 0) is 0 Å². The number of pyridine rings is 1. The number of aromatic nitrogens is 1. The van der Waals surface area contributed by atoms with Crippen LogP contribution in [0.1, 0.15) is 24.1 Å². The first-order valence-electron chi connectivity index (χ1n) is 6.26. The van der Waals surface area contributed by atoms with E-state index in [1.54, 1.807) is 30.5 Å². The molecule has 6 heteroatoms. The van der Waals surface area contributed by atoms with Crippen LogP contribution in [0.5, 0.6) is 5.75 Å². The Bertz CT molecular complexity index is 638. The quantitative estimate of drug-likeness (QED) is 0.911. The molecule has 1 N–H and O–H groups in total. The zero-order valence-electron chi connectivity index (χ0n) is 11.3. The second kappa shape index (κ2) is 6.66.